The van der Waals surface area contributed by atoms with E-state index >= 15 is 0 Å². The lowest BCUT2D eigenvalue weighted by molar-refractivity contribution is 0.185. The van der Waals surface area contributed by atoms with E-state index in [0.717, 1.165) is 30.5 Å². The quantitative estimate of drug-likeness (QED) is 0.813. The molecule has 0 bridgehead atoms. The van der Waals surface area contributed by atoms with Crippen molar-refractivity contribution >= 4 is 22.7 Å². The fourth-order valence-electron chi connectivity index (χ4n) is 2.75. The second kappa shape index (κ2) is 5.62. The standard InChI is InChI=1S/C15H18ClNO3/c1-2-6-17-12-4-3-10(8-13(12)20-15(17)18)14(16)11-5-7-19-9-11/h3-4,8,11,14H,2,5-7,9H2,1H3. The summed E-state index contributed by atoms with van der Waals surface area (Å²) in [5.74, 6) is 0.0351. The summed E-state index contributed by atoms with van der Waals surface area (Å²) in [6, 6.07) is 5.80. The number of nitrogens with zero attached hydrogens (tertiary/aromatic N) is 1. The maximum Gasteiger partial charge on any atom is 0.419 e. The van der Waals surface area contributed by atoms with Gasteiger partial charge in [0, 0.05) is 19.1 Å². The predicted molar refractivity (Wildman–Crippen MR) is 78.3 cm³/mol. The number of halogens is 1. The van der Waals surface area contributed by atoms with Crippen LogP contribution in [-0.4, -0.2) is 17.8 Å². The van der Waals surface area contributed by atoms with Crippen molar-refractivity contribution in [3.63, 3.8) is 0 Å². The van der Waals surface area contributed by atoms with Gasteiger partial charge in [-0.25, -0.2) is 4.79 Å². The van der Waals surface area contributed by atoms with Gasteiger partial charge in [-0.05, 0) is 30.5 Å². The Kier molecular flexibility index (Phi) is 3.85. The lowest BCUT2D eigenvalue weighted by Gasteiger charge is -2.15. The molecular weight excluding hydrogens is 278 g/mol. The van der Waals surface area contributed by atoms with Crippen LogP contribution in [0.25, 0.3) is 11.1 Å². The van der Waals surface area contributed by atoms with Crippen LogP contribution in [0.4, 0.5) is 0 Å². The number of oxazole rings is 1. The molecule has 1 saturated heterocycles. The number of benzene rings is 1. The van der Waals surface area contributed by atoms with Crippen molar-refractivity contribution in [2.24, 2.45) is 5.92 Å². The lowest BCUT2D eigenvalue weighted by Crippen LogP contribution is -2.13. The minimum absolute atomic E-state index is 0.0956. The highest BCUT2D eigenvalue weighted by Crippen LogP contribution is 2.35. The Bertz CT molecular complexity index is 655. The first kappa shape index (κ1) is 13.7. The number of hydrogen-bond acceptors (Lipinski definition) is 3. The van der Waals surface area contributed by atoms with Crippen LogP contribution in [0.2, 0.25) is 0 Å². The van der Waals surface area contributed by atoms with Gasteiger partial charge in [-0.1, -0.05) is 13.0 Å². The van der Waals surface area contributed by atoms with E-state index in [1.165, 1.54) is 0 Å². The molecule has 5 heteroatoms. The van der Waals surface area contributed by atoms with Crippen molar-refractivity contribution in [1.82, 2.24) is 4.57 Å². The highest BCUT2D eigenvalue weighted by molar-refractivity contribution is 6.21. The second-order valence-corrected chi connectivity index (χ2v) is 5.74. The van der Waals surface area contributed by atoms with Gasteiger partial charge in [0.15, 0.2) is 5.58 Å². The summed E-state index contributed by atoms with van der Waals surface area (Å²) in [5.41, 5.74) is 2.45. The average molecular weight is 296 g/mol. The molecule has 0 aliphatic carbocycles. The van der Waals surface area contributed by atoms with Gasteiger partial charge in [0.05, 0.1) is 17.5 Å². The fraction of sp³-hybridized carbons (Fsp3) is 0.533. The summed E-state index contributed by atoms with van der Waals surface area (Å²) in [6.45, 7) is 4.19. The monoisotopic (exact) mass is 295 g/mol. The molecule has 3 rings (SSSR count). The molecule has 1 fully saturated rings. The molecule has 0 spiro atoms. The van der Waals surface area contributed by atoms with E-state index in [-0.39, 0.29) is 11.1 Å². The van der Waals surface area contributed by atoms with Gasteiger partial charge < -0.3 is 9.15 Å². The molecule has 1 aliphatic heterocycles. The van der Waals surface area contributed by atoms with Gasteiger partial charge in [0.1, 0.15) is 0 Å². The molecule has 0 N–H and O–H groups in total. The maximum absolute atomic E-state index is 11.8. The van der Waals surface area contributed by atoms with Crippen molar-refractivity contribution in [1.29, 1.82) is 0 Å². The fourth-order valence-corrected chi connectivity index (χ4v) is 3.08. The third kappa shape index (κ3) is 2.38. The molecule has 2 heterocycles. The number of alkyl halides is 1. The zero-order chi connectivity index (χ0) is 14.1. The molecule has 1 aliphatic rings. The van der Waals surface area contributed by atoms with Crippen LogP contribution in [0, 0.1) is 5.92 Å². The van der Waals surface area contributed by atoms with E-state index in [4.69, 9.17) is 20.8 Å². The SMILES string of the molecule is CCCn1c(=O)oc2cc(C(Cl)C3CCOC3)ccc21. The zero-order valence-corrected chi connectivity index (χ0v) is 12.2. The molecule has 2 atom stereocenters. The highest BCUT2D eigenvalue weighted by atomic mass is 35.5. The molecular formula is C15H18ClNO3. The summed E-state index contributed by atoms with van der Waals surface area (Å²) in [7, 11) is 0. The van der Waals surface area contributed by atoms with E-state index in [1.807, 2.05) is 25.1 Å². The zero-order valence-electron chi connectivity index (χ0n) is 11.5. The first-order chi connectivity index (χ1) is 9.70. The van der Waals surface area contributed by atoms with Crippen LogP contribution < -0.4 is 5.76 Å². The summed E-state index contributed by atoms with van der Waals surface area (Å²) < 4.78 is 12.4. The molecule has 1 aromatic carbocycles. The van der Waals surface area contributed by atoms with Crippen molar-refractivity contribution in [2.75, 3.05) is 13.2 Å². The van der Waals surface area contributed by atoms with E-state index in [2.05, 4.69) is 0 Å². The van der Waals surface area contributed by atoms with Crippen LogP contribution in [-0.2, 0) is 11.3 Å². The Hall–Kier alpha value is -1.26. The number of aryl methyl sites for hydroxylation is 1. The van der Waals surface area contributed by atoms with Crippen LogP contribution in [0.1, 0.15) is 30.7 Å². The van der Waals surface area contributed by atoms with Crippen molar-refractivity contribution in [3.05, 3.63) is 34.3 Å². The summed E-state index contributed by atoms with van der Waals surface area (Å²) in [5, 5.41) is -0.0956. The third-order valence-electron chi connectivity index (χ3n) is 3.84. The van der Waals surface area contributed by atoms with Crippen LogP contribution in [0.15, 0.2) is 27.4 Å². The normalized spacial score (nSPS) is 20.6. The van der Waals surface area contributed by atoms with E-state index in [1.54, 1.807) is 4.57 Å². The molecule has 4 nitrogen and oxygen atoms in total. The van der Waals surface area contributed by atoms with Crippen LogP contribution in [0.5, 0.6) is 0 Å². The topological polar surface area (TPSA) is 44.4 Å². The Morgan fingerprint density at radius 3 is 3.05 bits per heavy atom. The number of aromatic nitrogens is 1. The van der Waals surface area contributed by atoms with Gasteiger partial charge in [-0.15, -0.1) is 11.6 Å². The maximum atomic E-state index is 11.8. The molecule has 20 heavy (non-hydrogen) atoms. The lowest BCUT2D eigenvalue weighted by atomic mass is 9.98. The Labute approximate surface area is 122 Å². The van der Waals surface area contributed by atoms with Crippen molar-refractivity contribution < 1.29 is 9.15 Å². The number of fused-ring (bicyclic) bond motifs is 1. The minimum Gasteiger partial charge on any atom is -0.408 e. The van der Waals surface area contributed by atoms with Crippen LogP contribution >= 0.6 is 11.6 Å². The number of ether oxygens (including phenoxy) is 1. The average Bonchev–Trinajstić information content (AvgIpc) is 3.07. The van der Waals surface area contributed by atoms with E-state index < -0.39 is 0 Å². The van der Waals surface area contributed by atoms with Gasteiger partial charge in [-0.2, -0.15) is 0 Å². The molecule has 0 saturated carbocycles. The second-order valence-electron chi connectivity index (χ2n) is 5.27. The Morgan fingerprint density at radius 2 is 2.35 bits per heavy atom. The van der Waals surface area contributed by atoms with Gasteiger partial charge >= 0.3 is 5.76 Å². The summed E-state index contributed by atoms with van der Waals surface area (Å²) in [4.78, 5) is 11.8. The molecule has 2 aromatic rings. The molecule has 108 valence electrons. The van der Waals surface area contributed by atoms with Crippen LogP contribution in [0.3, 0.4) is 0 Å². The van der Waals surface area contributed by atoms with E-state index in [0.29, 0.717) is 24.7 Å². The predicted octanol–water partition coefficient (Wildman–Crippen LogP) is 3.32. The van der Waals surface area contributed by atoms with Gasteiger partial charge in [0.2, 0.25) is 0 Å². The summed E-state index contributed by atoms with van der Waals surface area (Å²) >= 11 is 6.51. The molecule has 1 aromatic heterocycles. The van der Waals surface area contributed by atoms with Crippen molar-refractivity contribution in [3.8, 4) is 0 Å². The smallest absolute Gasteiger partial charge is 0.408 e. The third-order valence-corrected chi connectivity index (χ3v) is 4.45. The number of rotatable bonds is 4. The Morgan fingerprint density at radius 1 is 1.50 bits per heavy atom. The molecule has 2 unspecified atom stereocenters. The highest BCUT2D eigenvalue weighted by Gasteiger charge is 2.26. The van der Waals surface area contributed by atoms with Gasteiger partial charge in [-0.3, -0.25) is 4.57 Å². The van der Waals surface area contributed by atoms with Crippen molar-refractivity contribution in [2.45, 2.75) is 31.7 Å². The first-order valence-corrected chi connectivity index (χ1v) is 7.49. The largest absolute Gasteiger partial charge is 0.419 e. The first-order valence-electron chi connectivity index (χ1n) is 7.06. The molecule has 0 radical (unpaired) electrons. The Balaban J connectivity index is 1.96. The van der Waals surface area contributed by atoms with E-state index in [9.17, 15) is 4.79 Å². The van der Waals surface area contributed by atoms with Gasteiger partial charge in [0.25, 0.3) is 0 Å². The number of hydrogen-bond donors (Lipinski definition) is 0. The minimum atomic E-state index is -0.297. The molecule has 0 amide bonds. The summed E-state index contributed by atoms with van der Waals surface area (Å²) in [6.07, 6.45) is 1.88.